The second-order valence-corrected chi connectivity index (χ2v) is 8.93. The van der Waals surface area contributed by atoms with Crippen LogP contribution in [0, 0.1) is 0 Å². The Morgan fingerprint density at radius 1 is 1.03 bits per heavy atom. The van der Waals surface area contributed by atoms with Crippen molar-refractivity contribution in [1.29, 1.82) is 0 Å². The molecule has 1 saturated heterocycles. The summed E-state index contributed by atoms with van der Waals surface area (Å²) in [7, 11) is 0. The van der Waals surface area contributed by atoms with Gasteiger partial charge in [-0.2, -0.15) is 8.78 Å². The number of imidazole rings is 1. The van der Waals surface area contributed by atoms with Gasteiger partial charge in [-0.1, -0.05) is 24.3 Å². The molecule has 10 heteroatoms. The Kier molecular flexibility index (Phi) is 5.71. The second-order valence-electron chi connectivity index (χ2n) is 8.93. The largest absolute Gasteiger partial charge is 0.434 e. The van der Waals surface area contributed by atoms with Crippen molar-refractivity contribution in [3.8, 4) is 16.9 Å². The van der Waals surface area contributed by atoms with Crippen molar-refractivity contribution in [1.82, 2.24) is 24.8 Å². The van der Waals surface area contributed by atoms with Gasteiger partial charge in [0.2, 0.25) is 11.9 Å². The molecule has 2 aliphatic rings. The summed E-state index contributed by atoms with van der Waals surface area (Å²) in [5.74, 6) is 1.75. The zero-order valence-corrected chi connectivity index (χ0v) is 19.4. The lowest BCUT2D eigenvalue weighted by atomic mass is 10.0. The quantitative estimate of drug-likeness (QED) is 0.456. The van der Waals surface area contributed by atoms with Crippen molar-refractivity contribution < 1.29 is 18.3 Å². The number of hydrogen-bond acceptors (Lipinski definition) is 6. The molecule has 184 valence electrons. The van der Waals surface area contributed by atoms with Gasteiger partial charge in [0, 0.05) is 56.0 Å². The molecule has 0 bridgehead atoms. The summed E-state index contributed by atoms with van der Waals surface area (Å²) >= 11 is 0. The SMILES string of the molecule is O=C1CCN(c2ncc(-c3ccc4nc5n(c4c3)[C@H](c3ccccc3OC(F)F)CC5)cn2)CCN1. The zero-order chi connectivity index (χ0) is 24.6. The number of carbonyl (C=O) groups is 1. The van der Waals surface area contributed by atoms with Crippen LogP contribution < -0.4 is 15.0 Å². The molecule has 0 unspecified atom stereocenters. The van der Waals surface area contributed by atoms with Crippen LogP contribution >= 0.6 is 0 Å². The Labute approximate surface area is 205 Å². The normalized spacial score (nSPS) is 17.8. The first kappa shape index (κ1) is 22.4. The van der Waals surface area contributed by atoms with Gasteiger partial charge in [0.15, 0.2) is 0 Å². The molecule has 0 saturated carbocycles. The van der Waals surface area contributed by atoms with Gasteiger partial charge in [-0.25, -0.2) is 15.0 Å². The van der Waals surface area contributed by atoms with Gasteiger partial charge in [0.25, 0.3) is 0 Å². The van der Waals surface area contributed by atoms with Gasteiger partial charge < -0.3 is 19.5 Å². The number of hydrogen-bond donors (Lipinski definition) is 1. The minimum atomic E-state index is -2.88. The van der Waals surface area contributed by atoms with Crippen LogP contribution in [0.1, 0.15) is 30.3 Å². The minimum absolute atomic E-state index is 0.0393. The number of alkyl halides is 2. The Morgan fingerprint density at radius 3 is 2.69 bits per heavy atom. The van der Waals surface area contributed by atoms with E-state index < -0.39 is 6.61 Å². The predicted molar refractivity (Wildman–Crippen MR) is 130 cm³/mol. The highest BCUT2D eigenvalue weighted by atomic mass is 19.3. The Bertz CT molecular complexity index is 1420. The Balaban J connectivity index is 1.33. The van der Waals surface area contributed by atoms with Crippen molar-refractivity contribution in [2.75, 3.05) is 24.5 Å². The summed E-state index contributed by atoms with van der Waals surface area (Å²) in [6.45, 7) is -1.07. The molecule has 2 aliphatic heterocycles. The third-order valence-electron chi connectivity index (χ3n) is 6.78. The number of carbonyl (C=O) groups excluding carboxylic acids is 1. The van der Waals surface area contributed by atoms with Gasteiger partial charge in [0.05, 0.1) is 17.1 Å². The number of rotatable bonds is 5. The summed E-state index contributed by atoms with van der Waals surface area (Å²) in [5, 5.41) is 2.85. The number of nitrogens with zero attached hydrogens (tertiary/aromatic N) is 5. The maximum absolute atomic E-state index is 13.0. The molecule has 0 aliphatic carbocycles. The van der Waals surface area contributed by atoms with Gasteiger partial charge in [-0.3, -0.25) is 4.79 Å². The second kappa shape index (κ2) is 9.18. The smallest absolute Gasteiger partial charge is 0.387 e. The molecule has 6 rings (SSSR count). The van der Waals surface area contributed by atoms with Crippen LogP contribution in [-0.2, 0) is 11.2 Å². The molecule has 8 nitrogen and oxygen atoms in total. The number of amides is 1. The minimum Gasteiger partial charge on any atom is -0.434 e. The molecular formula is C26H24F2N6O2. The first-order valence-corrected chi connectivity index (χ1v) is 12.0. The van der Waals surface area contributed by atoms with Crippen LogP contribution in [0.15, 0.2) is 54.9 Å². The van der Waals surface area contributed by atoms with E-state index in [4.69, 9.17) is 9.72 Å². The molecule has 36 heavy (non-hydrogen) atoms. The number of ether oxygens (including phenoxy) is 1. The lowest BCUT2D eigenvalue weighted by molar-refractivity contribution is -0.120. The van der Waals surface area contributed by atoms with E-state index in [9.17, 15) is 13.6 Å². The summed E-state index contributed by atoms with van der Waals surface area (Å²) in [6.07, 6.45) is 5.50. The van der Waals surface area contributed by atoms with Crippen molar-refractivity contribution in [2.45, 2.75) is 31.9 Å². The van der Waals surface area contributed by atoms with Crippen molar-refractivity contribution in [3.63, 3.8) is 0 Å². The van der Waals surface area contributed by atoms with Crippen molar-refractivity contribution in [3.05, 3.63) is 66.2 Å². The number of halogens is 2. The van der Waals surface area contributed by atoms with E-state index in [0.29, 0.717) is 32.0 Å². The van der Waals surface area contributed by atoms with Crippen LogP contribution in [0.5, 0.6) is 5.75 Å². The maximum atomic E-state index is 13.0. The molecule has 4 aromatic rings. The molecule has 1 N–H and O–H groups in total. The Morgan fingerprint density at radius 2 is 1.86 bits per heavy atom. The van der Waals surface area contributed by atoms with Crippen LogP contribution in [-0.4, -0.2) is 51.7 Å². The van der Waals surface area contributed by atoms with Gasteiger partial charge in [-0.15, -0.1) is 0 Å². The number of aryl methyl sites for hydroxylation is 1. The van der Waals surface area contributed by atoms with Gasteiger partial charge >= 0.3 is 6.61 Å². The monoisotopic (exact) mass is 490 g/mol. The summed E-state index contributed by atoms with van der Waals surface area (Å²) < 4.78 is 33.0. The third-order valence-corrected chi connectivity index (χ3v) is 6.78. The highest BCUT2D eigenvalue weighted by Crippen LogP contribution is 2.40. The summed E-state index contributed by atoms with van der Waals surface area (Å²) in [6, 6.07) is 12.8. The van der Waals surface area contributed by atoms with E-state index in [0.717, 1.165) is 46.4 Å². The lowest BCUT2D eigenvalue weighted by Gasteiger charge is -2.19. The molecule has 4 heterocycles. The fourth-order valence-electron chi connectivity index (χ4n) is 5.10. The summed E-state index contributed by atoms with van der Waals surface area (Å²) in [5.41, 5.74) is 4.30. The molecule has 1 amide bonds. The average molecular weight is 491 g/mol. The maximum Gasteiger partial charge on any atom is 0.387 e. The van der Waals surface area contributed by atoms with Crippen molar-refractivity contribution in [2.24, 2.45) is 0 Å². The van der Waals surface area contributed by atoms with E-state index in [1.165, 1.54) is 0 Å². The fraction of sp³-hybridized carbons (Fsp3) is 0.308. The Hall–Kier alpha value is -4.08. The van der Waals surface area contributed by atoms with E-state index >= 15 is 0 Å². The first-order valence-electron chi connectivity index (χ1n) is 12.0. The number of anilines is 1. The highest BCUT2D eigenvalue weighted by Gasteiger charge is 2.30. The van der Waals surface area contributed by atoms with E-state index in [2.05, 4.69) is 19.9 Å². The van der Waals surface area contributed by atoms with Gasteiger partial charge in [-0.05, 0) is 30.2 Å². The van der Waals surface area contributed by atoms with Gasteiger partial charge in [0.1, 0.15) is 11.6 Å². The van der Waals surface area contributed by atoms with E-state index in [1.54, 1.807) is 24.5 Å². The third kappa shape index (κ3) is 4.12. The molecule has 0 radical (unpaired) electrons. The first-order chi connectivity index (χ1) is 17.6. The molecule has 0 spiro atoms. The highest BCUT2D eigenvalue weighted by molar-refractivity contribution is 5.83. The van der Waals surface area contributed by atoms with Crippen LogP contribution in [0.25, 0.3) is 22.2 Å². The fourth-order valence-corrected chi connectivity index (χ4v) is 5.10. The van der Waals surface area contributed by atoms with Crippen LogP contribution in [0.4, 0.5) is 14.7 Å². The number of para-hydroxylation sites is 1. The average Bonchev–Trinajstić information content (AvgIpc) is 3.37. The molecule has 1 atom stereocenters. The molecular weight excluding hydrogens is 466 g/mol. The number of fused-ring (bicyclic) bond motifs is 3. The molecule has 1 fully saturated rings. The predicted octanol–water partition coefficient (Wildman–Crippen LogP) is 3.96. The van der Waals surface area contributed by atoms with E-state index in [1.807, 2.05) is 35.2 Å². The number of nitrogens with one attached hydrogen (secondary N) is 1. The summed E-state index contributed by atoms with van der Waals surface area (Å²) in [4.78, 5) is 27.5. The van der Waals surface area contributed by atoms with Crippen molar-refractivity contribution >= 4 is 22.9 Å². The van der Waals surface area contributed by atoms with Crippen LogP contribution in [0.3, 0.4) is 0 Å². The van der Waals surface area contributed by atoms with E-state index in [-0.39, 0.29) is 17.7 Å². The lowest BCUT2D eigenvalue weighted by Crippen LogP contribution is -2.29. The number of aromatic nitrogens is 4. The van der Waals surface area contributed by atoms with Crippen LogP contribution in [0.2, 0.25) is 0 Å². The molecule has 2 aromatic carbocycles. The standard InChI is InChI=1S/C26H24F2N6O2/c27-25(28)36-22-4-2-1-3-18(22)20-7-8-23-32-19-6-5-16(13-21(19)34(20)23)17-14-30-26(31-15-17)33-11-9-24(35)29-10-12-33/h1-6,13-15,20,25H,7-12H2,(H,29,35)/t20-/m0/s1. The number of benzene rings is 2. The molecule has 2 aromatic heterocycles. The zero-order valence-electron chi connectivity index (χ0n) is 19.4. The topological polar surface area (TPSA) is 85.2 Å².